The van der Waals surface area contributed by atoms with Crippen LogP contribution in [0.1, 0.15) is 31.9 Å². The predicted octanol–water partition coefficient (Wildman–Crippen LogP) is 2.91. The van der Waals surface area contributed by atoms with Crippen LogP contribution in [-0.2, 0) is 30.0 Å². The normalized spacial score (nSPS) is 21.3. The maximum absolute atomic E-state index is 13.5. The maximum Gasteiger partial charge on any atom is 0.255 e. The van der Waals surface area contributed by atoms with Gasteiger partial charge in [-0.15, -0.1) is 0 Å². The molecule has 0 bridgehead atoms. The van der Waals surface area contributed by atoms with E-state index in [9.17, 15) is 22.8 Å². The maximum atomic E-state index is 13.5. The van der Waals surface area contributed by atoms with Crippen LogP contribution in [-0.4, -0.2) is 63.8 Å². The van der Waals surface area contributed by atoms with E-state index in [-0.39, 0.29) is 28.0 Å². The van der Waals surface area contributed by atoms with Crippen LogP contribution in [0, 0.1) is 6.92 Å². The Bertz CT molecular complexity index is 1530. The summed E-state index contributed by atoms with van der Waals surface area (Å²) in [6.07, 6.45) is 10.5. The Hall–Kier alpha value is -3.93. The quantitative estimate of drug-likeness (QED) is 0.293. The number of rotatable bonds is 10. The number of allylic oxidation sites excluding steroid dienone is 6. The van der Waals surface area contributed by atoms with Crippen LogP contribution < -0.4 is 21.3 Å². The van der Waals surface area contributed by atoms with E-state index >= 15 is 0 Å². The van der Waals surface area contributed by atoms with Gasteiger partial charge in [-0.2, -0.15) is 0 Å². The van der Waals surface area contributed by atoms with E-state index in [1.165, 1.54) is 30.5 Å². The van der Waals surface area contributed by atoms with Crippen LogP contribution in [0.3, 0.4) is 0 Å². The van der Waals surface area contributed by atoms with E-state index in [4.69, 9.17) is 11.6 Å². The minimum absolute atomic E-state index is 0.0266. The highest BCUT2D eigenvalue weighted by atomic mass is 35.5. The van der Waals surface area contributed by atoms with Crippen molar-refractivity contribution in [2.24, 2.45) is 0 Å². The number of sulfone groups is 1. The van der Waals surface area contributed by atoms with Gasteiger partial charge in [0.2, 0.25) is 11.8 Å². The molecule has 0 radical (unpaired) electrons. The Morgan fingerprint density at radius 1 is 1.21 bits per heavy atom. The second kappa shape index (κ2) is 15.5. The van der Waals surface area contributed by atoms with Gasteiger partial charge in [0.05, 0.1) is 17.2 Å². The molecule has 1 fully saturated rings. The topological polar surface area (TPSA) is 137 Å². The molecule has 1 aromatic carbocycles. The fraction of sp³-hybridized carbons (Fsp3) is 0.323. The standard InChI is InChI=1S/C31H38ClN5O5S/c1-5-24(36-23(4)17-29(38)33-12-14-37-15-13-34-30(39)19-37)18-26-22(3)16-25(9-7-11-35-31(26)40)43(41,42)20-27-21(2)8-6-10-28(27)32/h5-11,16-18,36H,12-15,19-20H2,1-4H3,(H,33,38)(H,34,39)(H,35,40)/b11-7+,22-16+,23-17+,24-5+,25-9+,26-18-. The molecule has 0 aromatic heterocycles. The van der Waals surface area contributed by atoms with Gasteiger partial charge in [-0.1, -0.05) is 29.8 Å². The number of nitrogens with zero attached hydrogens (tertiary/aromatic N) is 1. The van der Waals surface area contributed by atoms with Crippen molar-refractivity contribution in [2.45, 2.75) is 33.4 Å². The predicted molar refractivity (Wildman–Crippen MR) is 169 cm³/mol. The van der Waals surface area contributed by atoms with Gasteiger partial charge in [0.25, 0.3) is 5.91 Å². The number of nitrogens with one attached hydrogen (secondary N) is 4. The molecular weight excluding hydrogens is 590 g/mol. The molecule has 1 aromatic rings. The summed E-state index contributed by atoms with van der Waals surface area (Å²) in [6, 6.07) is 5.23. The van der Waals surface area contributed by atoms with Gasteiger partial charge in [-0.3, -0.25) is 19.3 Å². The molecule has 2 aliphatic rings. The van der Waals surface area contributed by atoms with Crippen molar-refractivity contribution in [3.63, 3.8) is 0 Å². The SMILES string of the molecule is C\C=C(/C=C1C(=O)N/C=C/C=C(S(=O)(=O)Cc2c(C)cccc2Cl)\C=C\1C)N/C(C)=C/C(=O)NCCN1CCNC(=O)C1. The summed E-state index contributed by atoms with van der Waals surface area (Å²) in [5.74, 6) is -1.04. The van der Waals surface area contributed by atoms with Crippen molar-refractivity contribution < 1.29 is 22.8 Å². The van der Waals surface area contributed by atoms with Crippen molar-refractivity contribution in [3.8, 4) is 0 Å². The zero-order chi connectivity index (χ0) is 31.6. The Balaban J connectivity index is 1.75. The summed E-state index contributed by atoms with van der Waals surface area (Å²) in [6.45, 7) is 9.55. The largest absolute Gasteiger partial charge is 0.359 e. The number of hydrogen-bond acceptors (Lipinski definition) is 7. The number of halogens is 1. The Labute approximate surface area is 258 Å². The van der Waals surface area contributed by atoms with E-state index in [1.807, 2.05) is 4.90 Å². The summed E-state index contributed by atoms with van der Waals surface area (Å²) in [4.78, 5) is 39.0. The molecule has 3 amide bonds. The first-order valence-electron chi connectivity index (χ1n) is 13.8. The number of carbonyl (C=O) groups excluding carboxylic acids is 3. The summed E-state index contributed by atoms with van der Waals surface area (Å²) in [5.41, 5.74) is 3.02. The molecule has 2 aliphatic heterocycles. The van der Waals surface area contributed by atoms with Crippen LogP contribution in [0.25, 0.3) is 0 Å². The van der Waals surface area contributed by atoms with Crippen molar-refractivity contribution in [3.05, 3.63) is 104 Å². The molecule has 0 aliphatic carbocycles. The number of hydrogen-bond donors (Lipinski definition) is 4. The van der Waals surface area contributed by atoms with Gasteiger partial charge < -0.3 is 21.3 Å². The average molecular weight is 628 g/mol. The Kier molecular flexibility index (Phi) is 12.1. The highest BCUT2D eigenvalue weighted by Gasteiger charge is 2.22. The number of aryl methyl sites for hydroxylation is 1. The minimum Gasteiger partial charge on any atom is -0.359 e. The number of benzene rings is 1. The highest BCUT2D eigenvalue weighted by Crippen LogP contribution is 2.27. The van der Waals surface area contributed by atoms with Gasteiger partial charge in [-0.25, -0.2) is 8.42 Å². The van der Waals surface area contributed by atoms with E-state index in [0.29, 0.717) is 53.7 Å². The van der Waals surface area contributed by atoms with Crippen LogP contribution in [0.2, 0.25) is 5.02 Å². The third kappa shape index (κ3) is 10.1. The molecule has 12 heteroatoms. The zero-order valence-electron chi connectivity index (χ0n) is 24.8. The molecule has 0 spiro atoms. The second-order valence-corrected chi connectivity index (χ2v) is 12.6. The molecule has 43 heavy (non-hydrogen) atoms. The monoisotopic (exact) mass is 627 g/mol. The van der Waals surface area contributed by atoms with E-state index < -0.39 is 15.7 Å². The van der Waals surface area contributed by atoms with E-state index in [1.54, 1.807) is 58.0 Å². The summed E-state index contributed by atoms with van der Waals surface area (Å²) in [7, 11) is -3.82. The molecule has 10 nitrogen and oxygen atoms in total. The lowest BCUT2D eigenvalue weighted by Gasteiger charge is -2.26. The minimum atomic E-state index is -3.82. The summed E-state index contributed by atoms with van der Waals surface area (Å²) in [5, 5.41) is 11.7. The molecule has 3 rings (SSSR count). The van der Waals surface area contributed by atoms with E-state index in [0.717, 1.165) is 12.1 Å². The number of piperazine rings is 1. The van der Waals surface area contributed by atoms with Crippen LogP contribution in [0.5, 0.6) is 0 Å². The molecular formula is C31H38ClN5O5S. The van der Waals surface area contributed by atoms with E-state index in [2.05, 4.69) is 21.3 Å². The number of amides is 3. The molecule has 2 heterocycles. The third-order valence-corrected chi connectivity index (χ3v) is 8.79. The van der Waals surface area contributed by atoms with Gasteiger partial charge in [0.15, 0.2) is 9.84 Å². The van der Waals surface area contributed by atoms with Crippen molar-refractivity contribution in [1.29, 1.82) is 0 Å². The fourth-order valence-corrected chi connectivity index (χ4v) is 6.38. The lowest BCUT2D eigenvalue weighted by Crippen LogP contribution is -2.49. The molecule has 1 saturated heterocycles. The molecule has 0 atom stereocenters. The second-order valence-electron chi connectivity index (χ2n) is 10.2. The lowest BCUT2D eigenvalue weighted by atomic mass is 10.0. The lowest BCUT2D eigenvalue weighted by molar-refractivity contribution is -0.124. The number of carbonyl (C=O) groups is 3. The average Bonchev–Trinajstić information content (AvgIpc) is 3.00. The molecule has 4 N–H and O–H groups in total. The summed E-state index contributed by atoms with van der Waals surface area (Å²) < 4.78 is 26.9. The molecule has 0 unspecified atom stereocenters. The van der Waals surface area contributed by atoms with Crippen molar-refractivity contribution in [2.75, 3.05) is 32.7 Å². The first-order valence-corrected chi connectivity index (χ1v) is 15.9. The van der Waals surface area contributed by atoms with Crippen molar-refractivity contribution >= 4 is 39.2 Å². The first-order chi connectivity index (χ1) is 20.4. The Morgan fingerprint density at radius 3 is 2.67 bits per heavy atom. The van der Waals surface area contributed by atoms with Gasteiger partial charge in [-0.05, 0) is 74.8 Å². The van der Waals surface area contributed by atoms with Gasteiger partial charge >= 0.3 is 0 Å². The van der Waals surface area contributed by atoms with Crippen LogP contribution in [0.4, 0.5) is 0 Å². The zero-order valence-corrected chi connectivity index (χ0v) is 26.4. The first kappa shape index (κ1) is 33.6. The summed E-state index contributed by atoms with van der Waals surface area (Å²) >= 11 is 6.30. The smallest absolute Gasteiger partial charge is 0.255 e. The highest BCUT2D eigenvalue weighted by molar-refractivity contribution is 7.94. The third-order valence-electron chi connectivity index (χ3n) is 6.79. The van der Waals surface area contributed by atoms with Crippen LogP contribution in [0.15, 0.2) is 88.3 Å². The Morgan fingerprint density at radius 2 is 1.98 bits per heavy atom. The molecule has 0 saturated carbocycles. The van der Waals surface area contributed by atoms with Gasteiger partial charge in [0, 0.05) is 60.4 Å². The van der Waals surface area contributed by atoms with Crippen molar-refractivity contribution in [1.82, 2.24) is 26.2 Å². The fourth-order valence-electron chi connectivity index (χ4n) is 4.44. The van der Waals surface area contributed by atoms with Crippen LogP contribution >= 0.6 is 11.6 Å². The molecule has 230 valence electrons. The van der Waals surface area contributed by atoms with Gasteiger partial charge in [0.1, 0.15) is 0 Å².